The van der Waals surface area contributed by atoms with Crippen LogP contribution in [0.5, 0.6) is 0 Å². The summed E-state index contributed by atoms with van der Waals surface area (Å²) >= 11 is 0. The number of carbonyl (C=O) groups is 1. The predicted octanol–water partition coefficient (Wildman–Crippen LogP) is 4.10. The summed E-state index contributed by atoms with van der Waals surface area (Å²) in [6.45, 7) is 5.84. The van der Waals surface area contributed by atoms with Crippen molar-refractivity contribution >= 4 is 34.3 Å². The highest BCUT2D eigenvalue weighted by Crippen LogP contribution is 2.24. The number of hydrazine groups is 2. The predicted molar refractivity (Wildman–Crippen MR) is 126 cm³/mol. The van der Waals surface area contributed by atoms with Crippen LogP contribution in [0.4, 0.5) is 10.5 Å². The first-order valence-electron chi connectivity index (χ1n) is 10.2. The number of nitrogens with zero attached hydrogens (tertiary/aromatic N) is 4. The van der Waals surface area contributed by atoms with Crippen LogP contribution in [0.1, 0.15) is 37.2 Å². The first-order chi connectivity index (χ1) is 15.3. The number of furan rings is 1. The first-order valence-corrected chi connectivity index (χ1v) is 10.2. The molecular weight excluding hydrogens is 408 g/mol. The van der Waals surface area contributed by atoms with Crippen molar-refractivity contribution in [3.8, 4) is 0 Å². The molecule has 0 unspecified atom stereocenters. The third-order valence-corrected chi connectivity index (χ3v) is 4.93. The normalized spacial score (nSPS) is 12.2. The van der Waals surface area contributed by atoms with Gasteiger partial charge in [0.15, 0.2) is 5.76 Å². The third-order valence-electron chi connectivity index (χ3n) is 4.93. The van der Waals surface area contributed by atoms with E-state index in [1.54, 1.807) is 6.07 Å². The van der Waals surface area contributed by atoms with Crippen LogP contribution in [0.3, 0.4) is 0 Å². The van der Waals surface area contributed by atoms with Gasteiger partial charge < -0.3 is 9.15 Å². The number of benzene rings is 2. The van der Waals surface area contributed by atoms with Gasteiger partial charge in [-0.25, -0.2) is 21.5 Å². The van der Waals surface area contributed by atoms with Crippen molar-refractivity contribution in [3.63, 3.8) is 0 Å². The molecular formula is C23H28N6O3. The maximum absolute atomic E-state index is 12.2. The van der Waals surface area contributed by atoms with E-state index in [2.05, 4.69) is 10.2 Å². The fourth-order valence-corrected chi connectivity index (χ4v) is 3.07. The molecule has 0 fully saturated rings. The van der Waals surface area contributed by atoms with Crippen molar-refractivity contribution < 1.29 is 13.9 Å². The molecule has 1 aromatic heterocycles. The quantitative estimate of drug-likeness (QED) is 0.198. The molecule has 0 spiro atoms. The molecule has 32 heavy (non-hydrogen) atoms. The molecule has 4 N–H and O–H groups in total. The van der Waals surface area contributed by atoms with Crippen LogP contribution < -0.4 is 16.7 Å². The molecule has 3 aromatic rings. The number of urea groups is 1. The van der Waals surface area contributed by atoms with E-state index in [0.29, 0.717) is 29.5 Å². The maximum atomic E-state index is 12.2. The Balaban J connectivity index is 1.78. The number of hydrogen-bond acceptors (Lipinski definition) is 7. The third kappa shape index (κ3) is 5.13. The molecule has 0 aliphatic rings. The van der Waals surface area contributed by atoms with Crippen LogP contribution in [-0.2, 0) is 11.3 Å². The summed E-state index contributed by atoms with van der Waals surface area (Å²) in [6, 6.07) is 14.6. The number of amides is 2. The molecule has 0 saturated heterocycles. The molecule has 9 heteroatoms. The lowest BCUT2D eigenvalue weighted by Crippen LogP contribution is -2.49. The highest BCUT2D eigenvalue weighted by molar-refractivity contribution is 6.00. The lowest BCUT2D eigenvalue weighted by Gasteiger charge is -2.24. The lowest BCUT2D eigenvalue weighted by molar-refractivity contribution is 0.216. The van der Waals surface area contributed by atoms with Crippen LogP contribution in [0.25, 0.3) is 11.0 Å². The van der Waals surface area contributed by atoms with Gasteiger partial charge in [0.1, 0.15) is 17.9 Å². The van der Waals surface area contributed by atoms with Crippen LogP contribution in [-0.4, -0.2) is 29.7 Å². The van der Waals surface area contributed by atoms with Gasteiger partial charge in [0.25, 0.3) is 0 Å². The Kier molecular flexibility index (Phi) is 7.24. The average Bonchev–Trinajstić information content (AvgIpc) is 3.23. The molecule has 3 rings (SSSR count). The zero-order chi connectivity index (χ0) is 23.3. The zero-order valence-electron chi connectivity index (χ0n) is 18.7. The Morgan fingerprint density at radius 1 is 1.12 bits per heavy atom. The number of fused-ring (bicyclic) bond motifs is 1. The van der Waals surface area contributed by atoms with Gasteiger partial charge in [-0.3, -0.25) is 5.01 Å². The van der Waals surface area contributed by atoms with Crippen LogP contribution in [0.2, 0.25) is 0 Å². The monoisotopic (exact) mass is 436 g/mol. The largest absolute Gasteiger partial charge is 0.475 e. The summed E-state index contributed by atoms with van der Waals surface area (Å²) in [6.07, 6.45) is 0.537. The number of para-hydroxylation sites is 1. The number of hydrogen-bond donors (Lipinski definition) is 2. The van der Waals surface area contributed by atoms with Crippen molar-refractivity contribution in [2.75, 3.05) is 12.1 Å². The van der Waals surface area contributed by atoms with Crippen LogP contribution in [0, 0.1) is 6.92 Å². The van der Waals surface area contributed by atoms with E-state index in [-0.39, 0.29) is 6.61 Å². The van der Waals surface area contributed by atoms with Gasteiger partial charge in [-0.2, -0.15) is 0 Å². The second-order valence-corrected chi connectivity index (χ2v) is 7.31. The van der Waals surface area contributed by atoms with E-state index in [1.165, 1.54) is 7.05 Å². The Morgan fingerprint density at radius 2 is 1.88 bits per heavy atom. The van der Waals surface area contributed by atoms with Crippen molar-refractivity contribution in [2.24, 2.45) is 21.9 Å². The van der Waals surface area contributed by atoms with E-state index in [0.717, 1.165) is 32.1 Å². The van der Waals surface area contributed by atoms with E-state index >= 15 is 0 Å². The lowest BCUT2D eigenvalue weighted by atomic mass is 10.1. The van der Waals surface area contributed by atoms with E-state index < -0.39 is 6.03 Å². The number of ether oxygens (including phenoxy) is 1. The van der Waals surface area contributed by atoms with E-state index in [9.17, 15) is 4.79 Å². The Hall–Kier alpha value is -3.69. The zero-order valence-corrected chi connectivity index (χ0v) is 18.7. The molecule has 0 saturated carbocycles. The van der Waals surface area contributed by atoms with Gasteiger partial charge in [0, 0.05) is 24.4 Å². The molecule has 0 aliphatic heterocycles. The number of anilines is 1. The SMILES string of the molecule is CCC(=NN=C(C)c1cc2ccccc2o1)OCc1c(C)cccc1N(N)C(=O)N(C)N. The van der Waals surface area contributed by atoms with Crippen molar-refractivity contribution in [2.45, 2.75) is 33.8 Å². The molecule has 0 radical (unpaired) electrons. The number of rotatable bonds is 6. The summed E-state index contributed by atoms with van der Waals surface area (Å²) < 4.78 is 11.7. The number of carbonyl (C=O) groups excluding carboxylic acids is 1. The minimum absolute atomic E-state index is 0.170. The van der Waals surface area contributed by atoms with Gasteiger partial charge in [-0.1, -0.05) is 37.3 Å². The van der Waals surface area contributed by atoms with Crippen LogP contribution in [0.15, 0.2) is 63.2 Å². The molecule has 2 amide bonds. The average molecular weight is 437 g/mol. The van der Waals surface area contributed by atoms with Crippen molar-refractivity contribution in [3.05, 3.63) is 65.4 Å². The molecule has 0 bridgehead atoms. The number of aryl methyl sites for hydroxylation is 1. The smallest absolute Gasteiger partial charge is 0.352 e. The molecule has 1 heterocycles. The maximum Gasteiger partial charge on any atom is 0.352 e. The second-order valence-electron chi connectivity index (χ2n) is 7.31. The Morgan fingerprint density at radius 3 is 2.56 bits per heavy atom. The summed E-state index contributed by atoms with van der Waals surface area (Å²) in [5.74, 6) is 12.6. The standard InChI is InChI=1S/C23H28N6O3/c1-5-22(27-26-16(3)21-13-17-10-6-7-12-20(17)32-21)31-14-18-15(2)9-8-11-19(18)29(25)23(30)28(4)24/h6-13H,5,14,24-25H2,1-4H3. The van der Waals surface area contributed by atoms with Crippen LogP contribution >= 0.6 is 0 Å². The Labute approximate surface area is 186 Å². The summed E-state index contributed by atoms with van der Waals surface area (Å²) in [4.78, 5) is 12.2. The van der Waals surface area contributed by atoms with Gasteiger partial charge in [0.2, 0.25) is 5.90 Å². The van der Waals surface area contributed by atoms with E-state index in [1.807, 2.05) is 63.2 Å². The minimum Gasteiger partial charge on any atom is -0.475 e. The van der Waals surface area contributed by atoms with Gasteiger partial charge in [0.05, 0.1) is 5.69 Å². The van der Waals surface area contributed by atoms with Gasteiger partial charge in [-0.15, -0.1) is 10.2 Å². The molecule has 0 atom stereocenters. The van der Waals surface area contributed by atoms with E-state index in [4.69, 9.17) is 20.8 Å². The molecule has 2 aromatic carbocycles. The second kappa shape index (κ2) is 10.1. The fraction of sp³-hybridized carbons (Fsp3) is 0.261. The number of nitrogens with two attached hydrogens (primary N) is 2. The fourth-order valence-electron chi connectivity index (χ4n) is 3.07. The van der Waals surface area contributed by atoms with Gasteiger partial charge >= 0.3 is 6.03 Å². The van der Waals surface area contributed by atoms with Crippen molar-refractivity contribution in [1.29, 1.82) is 0 Å². The van der Waals surface area contributed by atoms with Gasteiger partial charge in [-0.05, 0) is 37.6 Å². The Bertz CT molecular complexity index is 1130. The van der Waals surface area contributed by atoms with Crippen molar-refractivity contribution in [1.82, 2.24) is 5.01 Å². The summed E-state index contributed by atoms with van der Waals surface area (Å²) in [5.41, 5.74) is 3.61. The summed E-state index contributed by atoms with van der Waals surface area (Å²) in [7, 11) is 1.43. The molecule has 9 nitrogen and oxygen atoms in total. The topological polar surface area (TPSA) is 123 Å². The summed E-state index contributed by atoms with van der Waals surface area (Å²) in [5, 5.41) is 11.5. The highest BCUT2D eigenvalue weighted by atomic mass is 16.5. The minimum atomic E-state index is -0.549. The molecule has 168 valence electrons. The first kappa shape index (κ1) is 23.0. The molecule has 0 aliphatic carbocycles. The highest BCUT2D eigenvalue weighted by Gasteiger charge is 2.19.